The van der Waals surface area contributed by atoms with E-state index in [0.717, 1.165) is 51.9 Å². The number of amides is 1. The molecule has 3 aliphatic carbocycles. The lowest BCUT2D eigenvalue weighted by Crippen LogP contribution is -2.75. The van der Waals surface area contributed by atoms with Crippen LogP contribution >= 0.6 is 0 Å². The fraction of sp³-hybridized carbons (Fsp3) is 0.886. The summed E-state index contributed by atoms with van der Waals surface area (Å²) >= 11 is 0. The molecule has 5 aliphatic heterocycles. The molecular formula is C35H54FN7O6. The molecule has 4 saturated heterocycles. The number of carbonyl (C=O) groups is 2. The van der Waals surface area contributed by atoms with Crippen LogP contribution in [0.4, 0.5) is 4.39 Å². The second-order valence-electron chi connectivity index (χ2n) is 16.1. The summed E-state index contributed by atoms with van der Waals surface area (Å²) in [5.41, 5.74) is 0.107. The Kier molecular flexibility index (Phi) is 9.73. The number of fused-ring (bicyclic) bond motifs is 4. The Balaban J connectivity index is 1.03. The zero-order valence-corrected chi connectivity index (χ0v) is 28.7. The summed E-state index contributed by atoms with van der Waals surface area (Å²) in [6, 6.07) is -1.13. The highest BCUT2D eigenvalue weighted by Gasteiger charge is 2.60. The van der Waals surface area contributed by atoms with Gasteiger partial charge in [-0.3, -0.25) is 19.7 Å². The number of Topliss-reactive ketones (excluding diaryl/α,β-unsaturated/α-hetero) is 1. The van der Waals surface area contributed by atoms with Crippen LogP contribution in [0, 0.1) is 16.0 Å². The van der Waals surface area contributed by atoms with Crippen molar-refractivity contribution in [1.82, 2.24) is 30.7 Å². The van der Waals surface area contributed by atoms with E-state index in [2.05, 4.69) is 37.7 Å². The lowest BCUT2D eigenvalue weighted by Gasteiger charge is -2.61. The normalized spacial score (nSPS) is 43.6. The van der Waals surface area contributed by atoms with Crippen LogP contribution in [-0.4, -0.2) is 151 Å². The zero-order chi connectivity index (χ0) is 33.8. The molecule has 13 unspecified atom stereocenters. The van der Waals surface area contributed by atoms with Gasteiger partial charge in [-0.25, -0.2) is 4.39 Å². The molecule has 272 valence electrons. The van der Waals surface area contributed by atoms with E-state index in [1.54, 1.807) is 6.20 Å². The third-order valence-electron chi connectivity index (χ3n) is 13.3. The van der Waals surface area contributed by atoms with Gasteiger partial charge in [0.1, 0.15) is 6.17 Å². The zero-order valence-electron chi connectivity index (χ0n) is 28.7. The molecule has 0 spiro atoms. The number of nitrogens with one attached hydrogen (secondary N) is 3. The fourth-order valence-corrected chi connectivity index (χ4v) is 10.6. The second-order valence-corrected chi connectivity index (χ2v) is 16.1. The molecule has 13 nitrogen and oxygen atoms in total. The summed E-state index contributed by atoms with van der Waals surface area (Å²) < 4.78 is 29.9. The minimum atomic E-state index is -1.28. The Morgan fingerprint density at radius 1 is 1.02 bits per heavy atom. The highest BCUT2D eigenvalue weighted by Crippen LogP contribution is 2.47. The SMILES string of the molecule is CN1CCCC1CCNC1C(F)CC2C(=O)C(C(=O)NCCN3CCCC3)=CN3C4CC5OC6CC([N+](=O)[O-])CCC6NC5CC4OC1C23. The molecule has 13 atom stereocenters. The second kappa shape index (κ2) is 14.1. The van der Waals surface area contributed by atoms with Gasteiger partial charge in [0.05, 0.1) is 48.1 Å². The maximum Gasteiger partial charge on any atom is 0.256 e. The van der Waals surface area contributed by atoms with Crippen molar-refractivity contribution in [3.8, 4) is 0 Å². The predicted octanol–water partition coefficient (Wildman–Crippen LogP) is 0.989. The van der Waals surface area contributed by atoms with Crippen molar-refractivity contribution in [2.75, 3.05) is 46.3 Å². The maximum atomic E-state index is 16.3. The smallest absolute Gasteiger partial charge is 0.256 e. The monoisotopic (exact) mass is 687 g/mol. The summed E-state index contributed by atoms with van der Waals surface area (Å²) in [6.07, 6.45) is 7.81. The molecule has 49 heavy (non-hydrogen) atoms. The van der Waals surface area contributed by atoms with Crippen LogP contribution in [0.5, 0.6) is 0 Å². The standard InChI is InChI=1S/C35H54FN7O6/c1-40-11-4-5-20(40)8-9-37-31-24(36)16-22-32-34(31)49-30-17-26-29(48-28-15-21(43(46)47)6-7-25(28)39-26)18-27(30)42(32)19-23(33(22)44)35(45)38-10-14-41-12-2-3-13-41/h19-22,24-32,34,37,39H,2-18H2,1H3,(H,38,45). The number of hydrogen-bond acceptors (Lipinski definition) is 11. The Bertz CT molecular complexity index is 1300. The number of ketones is 1. The minimum Gasteiger partial charge on any atom is -0.371 e. The average molecular weight is 688 g/mol. The molecule has 1 amide bonds. The van der Waals surface area contributed by atoms with Gasteiger partial charge in [0.15, 0.2) is 5.78 Å². The molecule has 0 bridgehead atoms. The van der Waals surface area contributed by atoms with E-state index < -0.39 is 36.2 Å². The van der Waals surface area contributed by atoms with Crippen molar-refractivity contribution in [3.63, 3.8) is 0 Å². The van der Waals surface area contributed by atoms with E-state index in [1.165, 1.54) is 6.42 Å². The van der Waals surface area contributed by atoms with Gasteiger partial charge in [0.25, 0.3) is 5.91 Å². The van der Waals surface area contributed by atoms with Gasteiger partial charge in [-0.2, -0.15) is 0 Å². The highest BCUT2D eigenvalue weighted by molar-refractivity contribution is 6.20. The maximum absolute atomic E-state index is 16.3. The molecule has 5 heterocycles. The van der Waals surface area contributed by atoms with Crippen molar-refractivity contribution in [3.05, 3.63) is 21.9 Å². The van der Waals surface area contributed by atoms with Gasteiger partial charge in [0.2, 0.25) is 6.04 Å². The van der Waals surface area contributed by atoms with Crippen LogP contribution in [0.15, 0.2) is 11.8 Å². The number of nitrogens with zero attached hydrogens (tertiary/aromatic N) is 4. The van der Waals surface area contributed by atoms with Crippen molar-refractivity contribution < 1.29 is 28.4 Å². The number of ether oxygens (including phenoxy) is 2. The van der Waals surface area contributed by atoms with Gasteiger partial charge in [-0.15, -0.1) is 0 Å². The number of rotatable bonds is 9. The number of alkyl halides is 1. The lowest BCUT2D eigenvalue weighted by atomic mass is 9.69. The van der Waals surface area contributed by atoms with E-state index >= 15 is 4.39 Å². The van der Waals surface area contributed by atoms with Gasteiger partial charge < -0.3 is 40.1 Å². The fourth-order valence-electron chi connectivity index (χ4n) is 10.6. The number of halogens is 1. The van der Waals surface area contributed by atoms with E-state index in [1.807, 2.05) is 0 Å². The Labute approximate surface area is 288 Å². The van der Waals surface area contributed by atoms with Crippen molar-refractivity contribution in [2.24, 2.45) is 5.92 Å². The molecule has 7 fully saturated rings. The topological polar surface area (TPSA) is 142 Å². The third kappa shape index (κ3) is 6.54. The van der Waals surface area contributed by atoms with Gasteiger partial charge in [-0.1, -0.05) is 0 Å². The molecule has 3 N–H and O–H groups in total. The molecule has 0 radical (unpaired) electrons. The van der Waals surface area contributed by atoms with Crippen LogP contribution in [0.2, 0.25) is 0 Å². The first-order valence-electron chi connectivity index (χ1n) is 19.1. The Hall–Kier alpha value is -2.23. The number of nitro groups is 1. The summed E-state index contributed by atoms with van der Waals surface area (Å²) in [5.74, 6) is -1.37. The predicted molar refractivity (Wildman–Crippen MR) is 178 cm³/mol. The number of hydrogen-bond donors (Lipinski definition) is 3. The molecule has 8 rings (SSSR count). The van der Waals surface area contributed by atoms with Crippen molar-refractivity contribution in [1.29, 1.82) is 0 Å². The van der Waals surface area contributed by atoms with E-state index in [0.29, 0.717) is 51.2 Å². The number of likely N-dealkylation sites (tertiary alicyclic amines) is 2. The average Bonchev–Trinajstić information content (AvgIpc) is 3.76. The highest BCUT2D eigenvalue weighted by atomic mass is 19.1. The summed E-state index contributed by atoms with van der Waals surface area (Å²) in [7, 11) is 2.15. The van der Waals surface area contributed by atoms with E-state index in [-0.39, 0.29) is 65.2 Å². The molecular weight excluding hydrogens is 633 g/mol. The van der Waals surface area contributed by atoms with Gasteiger partial charge >= 0.3 is 0 Å². The Morgan fingerprint density at radius 2 is 1.84 bits per heavy atom. The van der Waals surface area contributed by atoms with Gasteiger partial charge in [-0.05, 0) is 91.0 Å². The summed E-state index contributed by atoms with van der Waals surface area (Å²) in [6.45, 7) is 5.02. The van der Waals surface area contributed by atoms with Crippen LogP contribution in [0.1, 0.15) is 70.6 Å². The molecule has 14 heteroatoms. The number of morpholine rings is 2. The first-order chi connectivity index (χ1) is 23.7. The first-order valence-corrected chi connectivity index (χ1v) is 19.1. The summed E-state index contributed by atoms with van der Waals surface area (Å²) in [4.78, 5) is 46.0. The van der Waals surface area contributed by atoms with E-state index in [9.17, 15) is 19.7 Å². The quantitative estimate of drug-likeness (QED) is 0.182. The Morgan fingerprint density at radius 3 is 2.61 bits per heavy atom. The minimum absolute atomic E-state index is 0.0137. The van der Waals surface area contributed by atoms with Gasteiger partial charge in [0, 0.05) is 61.1 Å². The van der Waals surface area contributed by atoms with E-state index in [4.69, 9.17) is 9.47 Å². The molecule has 0 aromatic rings. The van der Waals surface area contributed by atoms with Crippen molar-refractivity contribution in [2.45, 2.75) is 144 Å². The van der Waals surface area contributed by atoms with Crippen LogP contribution in [0.25, 0.3) is 0 Å². The van der Waals surface area contributed by atoms with Crippen molar-refractivity contribution >= 4 is 11.7 Å². The van der Waals surface area contributed by atoms with Crippen LogP contribution < -0.4 is 16.0 Å². The van der Waals surface area contributed by atoms with Crippen LogP contribution in [0.3, 0.4) is 0 Å². The summed E-state index contributed by atoms with van der Waals surface area (Å²) in [5, 5.41) is 21.9. The largest absolute Gasteiger partial charge is 0.371 e. The molecule has 0 aromatic carbocycles. The first kappa shape index (κ1) is 33.9. The van der Waals surface area contributed by atoms with Crippen LogP contribution in [-0.2, 0) is 19.1 Å². The third-order valence-corrected chi connectivity index (χ3v) is 13.3. The molecule has 3 saturated carbocycles. The lowest BCUT2D eigenvalue weighted by molar-refractivity contribution is -0.529. The molecule has 8 aliphatic rings. The molecule has 0 aromatic heterocycles. The number of carbonyl (C=O) groups excluding carboxylic acids is 2.